The molecule has 0 heteroatoms. The standard InChI is InChI=1S/C12H22/c1-4-12(6-9(2)7-12)8-11-5-10(11)3/h9-11H,4-8H2,1-3H3. The Kier molecular flexibility index (Phi) is 1.97. The van der Waals surface area contributed by atoms with Crippen molar-refractivity contribution in [2.24, 2.45) is 23.2 Å². The van der Waals surface area contributed by atoms with Crippen molar-refractivity contribution in [3.05, 3.63) is 0 Å². The van der Waals surface area contributed by atoms with Gasteiger partial charge in [-0.05, 0) is 48.9 Å². The van der Waals surface area contributed by atoms with E-state index in [1.165, 1.54) is 25.7 Å². The van der Waals surface area contributed by atoms with E-state index >= 15 is 0 Å². The van der Waals surface area contributed by atoms with Crippen molar-refractivity contribution in [2.75, 3.05) is 0 Å². The molecule has 2 unspecified atom stereocenters. The molecular weight excluding hydrogens is 144 g/mol. The van der Waals surface area contributed by atoms with Gasteiger partial charge in [-0.15, -0.1) is 0 Å². The van der Waals surface area contributed by atoms with Gasteiger partial charge in [0.1, 0.15) is 0 Å². The molecule has 0 spiro atoms. The highest BCUT2D eigenvalue weighted by Crippen LogP contribution is 2.57. The zero-order chi connectivity index (χ0) is 8.77. The Balaban J connectivity index is 1.83. The number of rotatable bonds is 3. The quantitative estimate of drug-likeness (QED) is 0.597. The molecule has 0 aromatic rings. The minimum absolute atomic E-state index is 0.800. The molecule has 0 saturated heterocycles. The molecule has 0 heterocycles. The van der Waals surface area contributed by atoms with Crippen LogP contribution in [0.5, 0.6) is 0 Å². The Labute approximate surface area is 76.7 Å². The summed E-state index contributed by atoms with van der Waals surface area (Å²) in [5.41, 5.74) is 0.800. The van der Waals surface area contributed by atoms with Crippen molar-refractivity contribution in [2.45, 2.75) is 52.9 Å². The van der Waals surface area contributed by atoms with E-state index in [1.54, 1.807) is 6.42 Å². The van der Waals surface area contributed by atoms with Gasteiger partial charge >= 0.3 is 0 Å². The SMILES string of the molecule is CCC1(CC2CC2C)CC(C)C1. The first-order valence-corrected chi connectivity index (χ1v) is 5.65. The first kappa shape index (κ1) is 8.59. The van der Waals surface area contributed by atoms with Gasteiger partial charge in [0, 0.05) is 0 Å². The lowest BCUT2D eigenvalue weighted by atomic mass is 9.59. The van der Waals surface area contributed by atoms with E-state index in [1.807, 2.05) is 0 Å². The Hall–Kier alpha value is 0. The molecule has 2 aliphatic rings. The van der Waals surface area contributed by atoms with Gasteiger partial charge < -0.3 is 0 Å². The Morgan fingerprint density at radius 1 is 1.25 bits per heavy atom. The maximum Gasteiger partial charge on any atom is -0.0292 e. The van der Waals surface area contributed by atoms with E-state index in [4.69, 9.17) is 0 Å². The lowest BCUT2D eigenvalue weighted by Gasteiger charge is -2.47. The van der Waals surface area contributed by atoms with Crippen LogP contribution in [0.4, 0.5) is 0 Å². The van der Waals surface area contributed by atoms with Crippen LogP contribution < -0.4 is 0 Å². The van der Waals surface area contributed by atoms with E-state index in [0.29, 0.717) is 0 Å². The lowest BCUT2D eigenvalue weighted by molar-refractivity contribution is 0.0435. The zero-order valence-electron chi connectivity index (χ0n) is 8.77. The highest BCUT2D eigenvalue weighted by Gasteiger charge is 2.46. The summed E-state index contributed by atoms with van der Waals surface area (Å²) in [4.78, 5) is 0. The van der Waals surface area contributed by atoms with E-state index in [-0.39, 0.29) is 0 Å². The number of hydrogen-bond donors (Lipinski definition) is 0. The number of hydrogen-bond acceptors (Lipinski definition) is 0. The average molecular weight is 166 g/mol. The van der Waals surface area contributed by atoms with Gasteiger partial charge in [-0.3, -0.25) is 0 Å². The summed E-state index contributed by atoms with van der Waals surface area (Å²) in [5.74, 6) is 3.20. The maximum absolute atomic E-state index is 2.41. The monoisotopic (exact) mass is 166 g/mol. The molecule has 2 rings (SSSR count). The molecule has 0 bridgehead atoms. The second kappa shape index (κ2) is 2.75. The fourth-order valence-electron chi connectivity index (χ4n) is 3.26. The summed E-state index contributed by atoms with van der Waals surface area (Å²) in [6.45, 7) is 7.21. The van der Waals surface area contributed by atoms with Crippen LogP contribution in [0.15, 0.2) is 0 Å². The highest BCUT2D eigenvalue weighted by atomic mass is 14.5. The van der Waals surface area contributed by atoms with Gasteiger partial charge in [-0.1, -0.05) is 27.2 Å². The molecule has 2 fully saturated rings. The van der Waals surface area contributed by atoms with Gasteiger partial charge in [0.15, 0.2) is 0 Å². The molecule has 2 atom stereocenters. The topological polar surface area (TPSA) is 0 Å². The zero-order valence-corrected chi connectivity index (χ0v) is 8.77. The molecule has 70 valence electrons. The van der Waals surface area contributed by atoms with Gasteiger partial charge in [0.05, 0.1) is 0 Å². The van der Waals surface area contributed by atoms with Crippen molar-refractivity contribution in [3.63, 3.8) is 0 Å². The van der Waals surface area contributed by atoms with Crippen LogP contribution in [0.2, 0.25) is 0 Å². The molecule has 0 nitrogen and oxygen atoms in total. The van der Waals surface area contributed by atoms with Crippen LogP contribution in [0, 0.1) is 23.2 Å². The minimum Gasteiger partial charge on any atom is -0.0649 e. The van der Waals surface area contributed by atoms with Crippen molar-refractivity contribution < 1.29 is 0 Å². The molecule has 12 heavy (non-hydrogen) atoms. The van der Waals surface area contributed by atoms with Crippen LogP contribution in [0.1, 0.15) is 52.9 Å². The molecule has 0 aromatic heterocycles. The van der Waals surface area contributed by atoms with Gasteiger partial charge in [-0.2, -0.15) is 0 Å². The smallest absolute Gasteiger partial charge is 0.0292 e. The Morgan fingerprint density at radius 3 is 2.17 bits per heavy atom. The Bertz CT molecular complexity index is 165. The van der Waals surface area contributed by atoms with Crippen LogP contribution in [0.3, 0.4) is 0 Å². The van der Waals surface area contributed by atoms with Crippen molar-refractivity contribution in [1.82, 2.24) is 0 Å². The van der Waals surface area contributed by atoms with E-state index in [0.717, 1.165) is 23.2 Å². The summed E-state index contributed by atoms with van der Waals surface area (Å²) in [7, 11) is 0. The van der Waals surface area contributed by atoms with Crippen molar-refractivity contribution in [1.29, 1.82) is 0 Å². The predicted molar refractivity (Wildman–Crippen MR) is 53.0 cm³/mol. The van der Waals surface area contributed by atoms with Crippen LogP contribution in [-0.4, -0.2) is 0 Å². The van der Waals surface area contributed by atoms with E-state index in [9.17, 15) is 0 Å². The van der Waals surface area contributed by atoms with Crippen molar-refractivity contribution in [3.8, 4) is 0 Å². The van der Waals surface area contributed by atoms with Crippen LogP contribution >= 0.6 is 0 Å². The third-order valence-corrected chi connectivity index (χ3v) is 4.28. The summed E-state index contributed by atoms with van der Waals surface area (Å²) in [5, 5.41) is 0. The average Bonchev–Trinajstić information content (AvgIpc) is 2.63. The molecule has 0 amide bonds. The second-order valence-corrected chi connectivity index (χ2v) is 5.54. The molecule has 2 aliphatic carbocycles. The highest BCUT2D eigenvalue weighted by molar-refractivity contribution is 4.96. The molecule has 2 saturated carbocycles. The van der Waals surface area contributed by atoms with Gasteiger partial charge in [0.25, 0.3) is 0 Å². The summed E-state index contributed by atoms with van der Waals surface area (Å²) >= 11 is 0. The summed E-state index contributed by atoms with van der Waals surface area (Å²) in [6, 6.07) is 0. The first-order valence-electron chi connectivity index (χ1n) is 5.65. The maximum atomic E-state index is 2.41. The van der Waals surface area contributed by atoms with Crippen LogP contribution in [-0.2, 0) is 0 Å². The third kappa shape index (κ3) is 1.41. The largest absolute Gasteiger partial charge is 0.0649 e. The van der Waals surface area contributed by atoms with Crippen LogP contribution in [0.25, 0.3) is 0 Å². The first-order chi connectivity index (χ1) is 5.65. The van der Waals surface area contributed by atoms with Gasteiger partial charge in [0.2, 0.25) is 0 Å². The molecule has 0 N–H and O–H groups in total. The van der Waals surface area contributed by atoms with Crippen molar-refractivity contribution >= 4 is 0 Å². The van der Waals surface area contributed by atoms with E-state index < -0.39 is 0 Å². The lowest BCUT2D eigenvalue weighted by Crippen LogP contribution is -2.35. The summed E-state index contributed by atoms with van der Waals surface area (Å²) in [6.07, 6.45) is 7.55. The fraction of sp³-hybridized carbons (Fsp3) is 1.00. The minimum atomic E-state index is 0.800. The van der Waals surface area contributed by atoms with Gasteiger partial charge in [-0.25, -0.2) is 0 Å². The molecule has 0 aromatic carbocycles. The Morgan fingerprint density at radius 2 is 1.83 bits per heavy atom. The molecular formula is C12H22. The normalized spacial score (nSPS) is 51.8. The van der Waals surface area contributed by atoms with E-state index in [2.05, 4.69) is 20.8 Å². The summed E-state index contributed by atoms with van der Waals surface area (Å²) < 4.78 is 0. The second-order valence-electron chi connectivity index (χ2n) is 5.54. The molecule has 0 aliphatic heterocycles. The predicted octanol–water partition coefficient (Wildman–Crippen LogP) is 3.86. The fourth-order valence-corrected chi connectivity index (χ4v) is 3.26. The third-order valence-electron chi connectivity index (χ3n) is 4.28. The molecule has 0 radical (unpaired) electrons.